The molecule has 0 aliphatic heterocycles. The van der Waals surface area contributed by atoms with Crippen molar-refractivity contribution in [1.82, 2.24) is 0 Å². The summed E-state index contributed by atoms with van der Waals surface area (Å²) in [6, 6.07) is 2.99. The molecule has 1 aromatic rings. The summed E-state index contributed by atoms with van der Waals surface area (Å²) in [6.45, 7) is 1.29. The summed E-state index contributed by atoms with van der Waals surface area (Å²) in [5.74, 6) is -0.687. The smallest absolute Gasteiger partial charge is 0.302 e. The highest BCUT2D eigenvalue weighted by atomic mass is 35.5. The third-order valence-corrected chi connectivity index (χ3v) is 3.26. The van der Waals surface area contributed by atoms with Gasteiger partial charge in [0.15, 0.2) is 5.78 Å². The Morgan fingerprint density at radius 3 is 2.41 bits per heavy atom. The zero-order chi connectivity index (χ0) is 13.0. The van der Waals surface area contributed by atoms with E-state index in [0.717, 1.165) is 0 Å². The molecule has 0 saturated carbocycles. The first-order valence-corrected chi connectivity index (χ1v) is 5.87. The molecular weight excluding hydrogens is 286 g/mol. The maximum atomic E-state index is 11.7. The molecule has 0 heterocycles. The Labute approximate surface area is 114 Å². The monoisotopic (exact) mass is 294 g/mol. The number of carbonyl (C=O) groups excluding carboxylic acids is 2. The van der Waals surface area contributed by atoms with E-state index in [4.69, 9.17) is 34.8 Å². The van der Waals surface area contributed by atoms with Gasteiger partial charge in [-0.3, -0.25) is 9.59 Å². The number of carbonyl (C=O) groups is 2. The highest BCUT2D eigenvalue weighted by molar-refractivity contribution is 6.49. The molecule has 0 radical (unpaired) electrons. The van der Waals surface area contributed by atoms with E-state index in [2.05, 4.69) is 4.74 Å². The van der Waals surface area contributed by atoms with Crippen molar-refractivity contribution < 1.29 is 14.3 Å². The van der Waals surface area contributed by atoms with Gasteiger partial charge in [-0.05, 0) is 12.1 Å². The molecule has 0 unspecified atom stereocenters. The first-order valence-electron chi connectivity index (χ1n) is 4.73. The summed E-state index contributed by atoms with van der Waals surface area (Å²) in [5, 5.41) is 0.548. The van der Waals surface area contributed by atoms with Crippen LogP contribution in [0.25, 0.3) is 0 Å². The number of Topliss-reactive ketones (excluding diaryl/α,β-unsaturated/α-hetero) is 1. The van der Waals surface area contributed by atoms with Crippen LogP contribution < -0.4 is 0 Å². The molecule has 0 aromatic heterocycles. The minimum absolute atomic E-state index is 0.0186. The Morgan fingerprint density at radius 2 is 1.82 bits per heavy atom. The second-order valence-corrected chi connectivity index (χ2v) is 4.40. The normalized spacial score (nSPS) is 10.1. The van der Waals surface area contributed by atoms with Gasteiger partial charge in [-0.1, -0.05) is 34.8 Å². The molecule has 92 valence electrons. The number of esters is 1. The summed E-state index contributed by atoms with van der Waals surface area (Å²) >= 11 is 17.4. The van der Waals surface area contributed by atoms with Gasteiger partial charge in [0.2, 0.25) is 0 Å². The van der Waals surface area contributed by atoms with Crippen LogP contribution in [0.2, 0.25) is 15.1 Å². The van der Waals surface area contributed by atoms with Crippen molar-refractivity contribution in [2.24, 2.45) is 0 Å². The molecule has 1 rings (SSSR count). The van der Waals surface area contributed by atoms with Crippen molar-refractivity contribution in [3.05, 3.63) is 32.8 Å². The lowest BCUT2D eigenvalue weighted by molar-refractivity contribution is -0.140. The van der Waals surface area contributed by atoms with Gasteiger partial charge in [0, 0.05) is 18.9 Å². The van der Waals surface area contributed by atoms with Crippen molar-refractivity contribution in [3.63, 3.8) is 0 Å². The fraction of sp³-hybridized carbons (Fsp3) is 0.273. The van der Waals surface area contributed by atoms with Crippen molar-refractivity contribution in [2.75, 3.05) is 6.61 Å². The Kier molecular flexibility index (Phi) is 5.25. The van der Waals surface area contributed by atoms with Crippen molar-refractivity contribution >= 4 is 46.6 Å². The van der Waals surface area contributed by atoms with Gasteiger partial charge in [-0.15, -0.1) is 0 Å². The molecule has 0 aliphatic carbocycles. The standard InChI is InChI=1S/C11H9Cl3O3/c1-6(15)17-5-4-9(16)7-2-3-8(12)11(14)10(7)13/h2-3H,4-5H2,1H3. The summed E-state index contributed by atoms with van der Waals surface area (Å²) in [6.07, 6.45) is 0.0528. The first kappa shape index (κ1) is 14.3. The Morgan fingerprint density at radius 1 is 1.18 bits per heavy atom. The zero-order valence-corrected chi connectivity index (χ0v) is 11.2. The van der Waals surface area contributed by atoms with E-state index in [9.17, 15) is 9.59 Å². The highest BCUT2D eigenvalue weighted by Crippen LogP contribution is 2.33. The number of hydrogen-bond acceptors (Lipinski definition) is 3. The van der Waals surface area contributed by atoms with Crippen LogP contribution in [0.5, 0.6) is 0 Å². The van der Waals surface area contributed by atoms with Gasteiger partial charge in [0.25, 0.3) is 0 Å². The highest BCUT2D eigenvalue weighted by Gasteiger charge is 2.15. The number of halogens is 3. The third-order valence-electron chi connectivity index (χ3n) is 1.97. The largest absolute Gasteiger partial charge is 0.465 e. The van der Waals surface area contributed by atoms with Crippen LogP contribution in [0.4, 0.5) is 0 Å². The van der Waals surface area contributed by atoms with Crippen LogP contribution in [0, 0.1) is 0 Å². The lowest BCUT2D eigenvalue weighted by Crippen LogP contribution is -2.08. The van der Waals surface area contributed by atoms with Crippen molar-refractivity contribution in [1.29, 1.82) is 0 Å². The fourth-order valence-electron chi connectivity index (χ4n) is 1.16. The van der Waals surface area contributed by atoms with Crippen LogP contribution in [-0.2, 0) is 9.53 Å². The molecule has 0 amide bonds. The first-order chi connectivity index (χ1) is 7.93. The van der Waals surface area contributed by atoms with Crippen molar-refractivity contribution in [3.8, 4) is 0 Å². The van der Waals surface area contributed by atoms with Crippen molar-refractivity contribution in [2.45, 2.75) is 13.3 Å². The fourth-order valence-corrected chi connectivity index (χ4v) is 1.80. The SMILES string of the molecule is CC(=O)OCCC(=O)c1ccc(Cl)c(Cl)c1Cl. The van der Waals surface area contributed by atoms with E-state index >= 15 is 0 Å². The predicted octanol–water partition coefficient (Wildman–Crippen LogP) is 3.78. The number of rotatable bonds is 4. The molecule has 6 heteroatoms. The molecule has 0 saturated heterocycles. The van der Waals surface area contributed by atoms with Crippen LogP contribution in [0.1, 0.15) is 23.7 Å². The summed E-state index contributed by atoms with van der Waals surface area (Å²) in [4.78, 5) is 22.3. The van der Waals surface area contributed by atoms with E-state index in [1.54, 1.807) is 0 Å². The molecule has 0 aliphatic rings. The van der Waals surface area contributed by atoms with E-state index in [0.29, 0.717) is 0 Å². The molecule has 0 N–H and O–H groups in total. The van der Waals surface area contributed by atoms with Crippen LogP contribution in [0.15, 0.2) is 12.1 Å². The van der Waals surface area contributed by atoms with Gasteiger partial charge in [0.05, 0.1) is 21.7 Å². The molecule has 3 nitrogen and oxygen atoms in total. The Hall–Kier alpha value is -0.770. The van der Waals surface area contributed by atoms with Gasteiger partial charge < -0.3 is 4.74 Å². The second-order valence-electron chi connectivity index (χ2n) is 3.24. The van der Waals surface area contributed by atoms with Gasteiger partial charge in [-0.25, -0.2) is 0 Å². The average Bonchev–Trinajstić information content (AvgIpc) is 2.25. The Balaban J connectivity index is 2.76. The summed E-state index contributed by atoms with van der Waals surface area (Å²) < 4.78 is 4.67. The number of ketones is 1. The van der Waals surface area contributed by atoms with E-state index < -0.39 is 5.97 Å². The maximum absolute atomic E-state index is 11.7. The minimum Gasteiger partial charge on any atom is -0.465 e. The summed E-state index contributed by atoms with van der Waals surface area (Å²) in [5.41, 5.74) is 0.271. The molecule has 17 heavy (non-hydrogen) atoms. The average molecular weight is 296 g/mol. The Bertz CT molecular complexity index is 458. The van der Waals surface area contributed by atoms with Gasteiger partial charge in [-0.2, -0.15) is 0 Å². The van der Waals surface area contributed by atoms with E-state index in [-0.39, 0.29) is 39.4 Å². The molecular formula is C11H9Cl3O3. The number of benzene rings is 1. The number of ether oxygens (including phenoxy) is 1. The maximum Gasteiger partial charge on any atom is 0.302 e. The van der Waals surface area contributed by atoms with Crippen LogP contribution >= 0.6 is 34.8 Å². The third kappa shape index (κ3) is 3.87. The minimum atomic E-state index is -0.432. The summed E-state index contributed by atoms with van der Waals surface area (Å²) in [7, 11) is 0. The lowest BCUT2D eigenvalue weighted by atomic mass is 10.1. The van der Waals surface area contributed by atoms with E-state index in [1.165, 1.54) is 19.1 Å². The zero-order valence-electron chi connectivity index (χ0n) is 8.93. The molecule has 0 spiro atoms. The van der Waals surface area contributed by atoms with Crippen LogP contribution in [0.3, 0.4) is 0 Å². The van der Waals surface area contributed by atoms with E-state index in [1.807, 2.05) is 0 Å². The molecule has 1 aromatic carbocycles. The topological polar surface area (TPSA) is 43.4 Å². The molecule has 0 bridgehead atoms. The lowest BCUT2D eigenvalue weighted by Gasteiger charge is -2.06. The number of hydrogen-bond donors (Lipinski definition) is 0. The van der Waals surface area contributed by atoms with Gasteiger partial charge in [0.1, 0.15) is 0 Å². The molecule has 0 atom stereocenters. The predicted molar refractivity (Wildman–Crippen MR) is 67.1 cm³/mol. The quantitative estimate of drug-likeness (QED) is 0.482. The second kappa shape index (κ2) is 6.24. The van der Waals surface area contributed by atoms with Crippen LogP contribution in [-0.4, -0.2) is 18.4 Å². The molecule has 0 fully saturated rings. The van der Waals surface area contributed by atoms with Gasteiger partial charge >= 0.3 is 5.97 Å².